The fourth-order valence-electron chi connectivity index (χ4n) is 3.77. The van der Waals surface area contributed by atoms with Gasteiger partial charge < -0.3 is 19.7 Å². The monoisotopic (exact) mass is 422 g/mol. The highest BCUT2D eigenvalue weighted by Crippen LogP contribution is 2.30. The molecule has 1 N–H and O–H groups in total. The number of piperidine rings is 1. The number of carbonyl (C=O) groups is 1. The Morgan fingerprint density at radius 1 is 1.06 bits per heavy atom. The van der Waals surface area contributed by atoms with Gasteiger partial charge in [-0.3, -0.25) is 9.36 Å². The number of anilines is 2. The van der Waals surface area contributed by atoms with Crippen LogP contribution in [0.3, 0.4) is 0 Å². The minimum atomic E-state index is -0.0692. The molecule has 1 saturated heterocycles. The lowest BCUT2D eigenvalue weighted by molar-refractivity contribution is -0.120. The lowest BCUT2D eigenvalue weighted by atomic mass is 9.95. The molecular weight excluding hydrogens is 396 g/mol. The van der Waals surface area contributed by atoms with Gasteiger partial charge in [0.05, 0.1) is 19.9 Å². The lowest BCUT2D eigenvalue weighted by Gasteiger charge is -2.32. The molecule has 162 valence electrons. The number of amides is 1. The first-order valence-corrected chi connectivity index (χ1v) is 10.2. The van der Waals surface area contributed by atoms with Crippen LogP contribution in [0.5, 0.6) is 11.5 Å². The molecule has 0 spiro atoms. The van der Waals surface area contributed by atoms with E-state index in [9.17, 15) is 4.79 Å². The molecule has 0 bridgehead atoms. The number of nitrogens with zero attached hydrogens (tertiary/aromatic N) is 5. The molecule has 9 heteroatoms. The molecule has 9 nitrogen and oxygen atoms in total. The van der Waals surface area contributed by atoms with Crippen molar-refractivity contribution in [3.8, 4) is 17.3 Å². The number of rotatable bonds is 6. The fourth-order valence-corrected chi connectivity index (χ4v) is 3.77. The summed E-state index contributed by atoms with van der Waals surface area (Å²) in [5.41, 5.74) is 0.645. The van der Waals surface area contributed by atoms with E-state index in [4.69, 9.17) is 9.47 Å². The summed E-state index contributed by atoms with van der Waals surface area (Å²) in [5, 5.41) is 3.00. The molecule has 0 aliphatic carbocycles. The van der Waals surface area contributed by atoms with Crippen LogP contribution in [0.15, 0.2) is 43.0 Å². The molecule has 4 rings (SSSR count). The maximum absolute atomic E-state index is 12.8. The summed E-state index contributed by atoms with van der Waals surface area (Å²) in [7, 11) is 3.17. The summed E-state index contributed by atoms with van der Waals surface area (Å²) in [4.78, 5) is 28.1. The zero-order chi connectivity index (χ0) is 21.8. The van der Waals surface area contributed by atoms with Crippen molar-refractivity contribution in [3.05, 3.63) is 48.8 Å². The van der Waals surface area contributed by atoms with Crippen molar-refractivity contribution in [2.24, 2.45) is 5.92 Å². The maximum Gasteiger partial charge on any atom is 0.227 e. The molecule has 1 amide bonds. The number of benzene rings is 1. The van der Waals surface area contributed by atoms with Crippen molar-refractivity contribution >= 4 is 17.4 Å². The van der Waals surface area contributed by atoms with Crippen molar-refractivity contribution in [3.63, 3.8) is 0 Å². The van der Waals surface area contributed by atoms with Gasteiger partial charge >= 0.3 is 0 Å². The summed E-state index contributed by atoms with van der Waals surface area (Å²) in [6, 6.07) is 7.31. The van der Waals surface area contributed by atoms with Crippen LogP contribution in [0.2, 0.25) is 0 Å². The second-order valence-corrected chi connectivity index (χ2v) is 7.40. The Morgan fingerprint density at radius 2 is 1.84 bits per heavy atom. The molecule has 31 heavy (non-hydrogen) atoms. The Morgan fingerprint density at radius 3 is 2.52 bits per heavy atom. The van der Waals surface area contributed by atoms with Crippen LogP contribution in [0.1, 0.15) is 18.7 Å². The number of hydrogen-bond acceptors (Lipinski definition) is 7. The molecule has 2 aromatic heterocycles. The van der Waals surface area contributed by atoms with Crippen molar-refractivity contribution in [2.45, 2.75) is 19.8 Å². The first-order valence-electron chi connectivity index (χ1n) is 10.2. The highest BCUT2D eigenvalue weighted by atomic mass is 16.5. The quantitative estimate of drug-likeness (QED) is 0.653. The minimum Gasteiger partial charge on any atom is -0.497 e. The smallest absolute Gasteiger partial charge is 0.227 e. The number of carbonyl (C=O) groups excluding carboxylic acids is 1. The van der Waals surface area contributed by atoms with Gasteiger partial charge in [0.1, 0.15) is 35.3 Å². The van der Waals surface area contributed by atoms with Crippen LogP contribution in [-0.4, -0.2) is 52.7 Å². The van der Waals surface area contributed by atoms with E-state index >= 15 is 0 Å². The lowest BCUT2D eigenvalue weighted by Crippen LogP contribution is -2.38. The molecule has 1 fully saturated rings. The molecule has 0 radical (unpaired) electrons. The Labute approximate surface area is 181 Å². The van der Waals surface area contributed by atoms with Gasteiger partial charge in [-0.25, -0.2) is 15.0 Å². The molecule has 3 heterocycles. The zero-order valence-corrected chi connectivity index (χ0v) is 17.9. The Kier molecular flexibility index (Phi) is 6.01. The van der Waals surface area contributed by atoms with Crippen LogP contribution in [0.25, 0.3) is 5.82 Å². The van der Waals surface area contributed by atoms with Gasteiger partial charge in [-0.1, -0.05) is 0 Å². The molecule has 0 unspecified atom stereocenters. The van der Waals surface area contributed by atoms with Crippen LogP contribution in [0, 0.1) is 12.8 Å². The van der Waals surface area contributed by atoms with E-state index in [2.05, 4.69) is 25.2 Å². The van der Waals surface area contributed by atoms with Gasteiger partial charge in [-0.2, -0.15) is 0 Å². The summed E-state index contributed by atoms with van der Waals surface area (Å²) >= 11 is 0. The summed E-state index contributed by atoms with van der Waals surface area (Å²) in [6.45, 7) is 3.43. The molecule has 1 aliphatic heterocycles. The molecule has 1 aliphatic rings. The predicted octanol–water partition coefficient (Wildman–Crippen LogP) is 2.84. The Bertz CT molecular complexity index is 1060. The second-order valence-electron chi connectivity index (χ2n) is 7.40. The van der Waals surface area contributed by atoms with Crippen molar-refractivity contribution in [1.82, 2.24) is 19.5 Å². The van der Waals surface area contributed by atoms with E-state index in [-0.39, 0.29) is 11.8 Å². The third kappa shape index (κ3) is 4.45. The van der Waals surface area contributed by atoms with E-state index < -0.39 is 0 Å². The Balaban J connectivity index is 1.39. The van der Waals surface area contributed by atoms with Gasteiger partial charge in [0.25, 0.3) is 0 Å². The topological polar surface area (TPSA) is 94.4 Å². The van der Waals surface area contributed by atoms with Gasteiger partial charge in [-0.05, 0) is 31.9 Å². The predicted molar refractivity (Wildman–Crippen MR) is 117 cm³/mol. The fraction of sp³-hybridized carbons (Fsp3) is 0.364. The number of nitrogens with one attached hydrogen (secondary N) is 1. The van der Waals surface area contributed by atoms with Gasteiger partial charge in [0.15, 0.2) is 0 Å². The molecular formula is C22H26N6O3. The number of hydrogen-bond donors (Lipinski definition) is 1. The summed E-state index contributed by atoms with van der Waals surface area (Å²) in [6.07, 6.45) is 6.69. The molecule has 1 aromatic carbocycles. The first-order chi connectivity index (χ1) is 15.1. The molecule has 0 saturated carbocycles. The number of imidazole rings is 1. The first kappa shape index (κ1) is 20.6. The zero-order valence-electron chi connectivity index (χ0n) is 17.9. The number of methoxy groups -OCH3 is 2. The third-order valence-corrected chi connectivity index (χ3v) is 5.57. The minimum absolute atomic E-state index is 0.000494. The maximum atomic E-state index is 12.8. The SMILES string of the molecule is COc1ccc(NC(=O)C2CCN(c3cc(-n4ccnc4C)ncn3)CC2)c(OC)c1. The number of ether oxygens (including phenoxy) is 2. The standard InChI is InChI=1S/C22H26N6O3/c1-15-23-8-11-28(15)21-13-20(24-14-25-21)27-9-6-16(7-10-27)22(29)26-18-5-4-17(30-2)12-19(18)31-3/h4-5,8,11-14,16H,6-7,9-10H2,1-3H3,(H,26,29). The molecule has 0 atom stereocenters. The van der Waals surface area contributed by atoms with Crippen LogP contribution in [0.4, 0.5) is 11.5 Å². The summed E-state index contributed by atoms with van der Waals surface area (Å²) in [5.74, 6) is 3.70. The van der Waals surface area contributed by atoms with Gasteiger partial charge in [0.2, 0.25) is 5.91 Å². The Hall–Kier alpha value is -3.62. The van der Waals surface area contributed by atoms with E-state index in [1.165, 1.54) is 0 Å². The average molecular weight is 422 g/mol. The normalized spacial score (nSPS) is 14.4. The average Bonchev–Trinajstić information content (AvgIpc) is 3.25. The van der Waals surface area contributed by atoms with Crippen LogP contribution < -0.4 is 19.7 Å². The van der Waals surface area contributed by atoms with Crippen molar-refractivity contribution < 1.29 is 14.3 Å². The van der Waals surface area contributed by atoms with E-state index in [1.807, 2.05) is 23.8 Å². The van der Waals surface area contributed by atoms with E-state index in [0.29, 0.717) is 17.2 Å². The van der Waals surface area contributed by atoms with E-state index in [1.54, 1.807) is 44.9 Å². The van der Waals surface area contributed by atoms with Crippen LogP contribution >= 0.6 is 0 Å². The second kappa shape index (κ2) is 9.03. The van der Waals surface area contributed by atoms with Gasteiger partial charge in [-0.15, -0.1) is 0 Å². The third-order valence-electron chi connectivity index (χ3n) is 5.57. The largest absolute Gasteiger partial charge is 0.497 e. The summed E-state index contributed by atoms with van der Waals surface area (Å²) < 4.78 is 12.5. The van der Waals surface area contributed by atoms with Crippen LogP contribution in [-0.2, 0) is 4.79 Å². The van der Waals surface area contributed by atoms with Gasteiger partial charge in [0, 0.05) is 43.5 Å². The van der Waals surface area contributed by atoms with Crippen molar-refractivity contribution in [1.29, 1.82) is 0 Å². The highest BCUT2D eigenvalue weighted by molar-refractivity contribution is 5.94. The number of aryl methyl sites for hydroxylation is 1. The van der Waals surface area contributed by atoms with Crippen molar-refractivity contribution in [2.75, 3.05) is 37.5 Å². The molecule has 3 aromatic rings. The number of aromatic nitrogens is 4. The van der Waals surface area contributed by atoms with E-state index in [0.717, 1.165) is 43.4 Å². The highest BCUT2D eigenvalue weighted by Gasteiger charge is 2.26.